The maximum atomic E-state index is 13.9. The molecule has 1 aliphatic rings. The van der Waals surface area contributed by atoms with Gasteiger partial charge in [-0.1, -0.05) is 12.1 Å². The van der Waals surface area contributed by atoms with Gasteiger partial charge in [-0.25, -0.2) is 14.4 Å². The van der Waals surface area contributed by atoms with E-state index in [1.165, 1.54) is 12.4 Å². The second kappa shape index (κ2) is 8.22. The zero-order valence-corrected chi connectivity index (χ0v) is 16.2. The second-order valence-corrected chi connectivity index (χ2v) is 6.74. The van der Waals surface area contributed by atoms with Crippen LogP contribution in [0.15, 0.2) is 54.9 Å². The number of nitrogens with one attached hydrogen (secondary N) is 1. The second-order valence-electron chi connectivity index (χ2n) is 6.74. The van der Waals surface area contributed by atoms with Gasteiger partial charge in [0.2, 0.25) is 0 Å². The molecule has 2 heterocycles. The molecular weight excluding hydrogens is 371 g/mol. The topological polar surface area (TPSA) is 79.5 Å². The lowest BCUT2D eigenvalue weighted by Gasteiger charge is -2.37. The number of nitrogens with two attached hydrogens (primary N) is 1. The fourth-order valence-corrected chi connectivity index (χ4v) is 3.40. The first kappa shape index (κ1) is 18.8. The predicted octanol–water partition coefficient (Wildman–Crippen LogP) is 3.28. The molecule has 29 heavy (non-hydrogen) atoms. The average Bonchev–Trinajstić information content (AvgIpc) is 2.77. The van der Waals surface area contributed by atoms with Gasteiger partial charge in [-0.05, 0) is 36.4 Å². The van der Waals surface area contributed by atoms with Crippen LogP contribution in [0, 0.1) is 5.82 Å². The number of piperazine rings is 1. The van der Waals surface area contributed by atoms with Crippen LogP contribution in [0.2, 0.25) is 0 Å². The molecule has 0 saturated carbocycles. The Morgan fingerprint density at radius 2 is 1.66 bits per heavy atom. The first-order valence-electron chi connectivity index (χ1n) is 9.41. The molecule has 4 rings (SSSR count). The van der Waals surface area contributed by atoms with Crippen molar-refractivity contribution in [3.63, 3.8) is 0 Å². The molecule has 150 valence electrons. The third kappa shape index (κ3) is 4.01. The van der Waals surface area contributed by atoms with Crippen molar-refractivity contribution >= 4 is 28.7 Å². The molecule has 7 nitrogen and oxygen atoms in total. The molecule has 0 unspecified atom stereocenters. The van der Waals surface area contributed by atoms with Gasteiger partial charge >= 0.3 is 0 Å². The van der Waals surface area contributed by atoms with Crippen molar-refractivity contribution in [1.29, 1.82) is 0 Å². The van der Waals surface area contributed by atoms with Crippen molar-refractivity contribution in [3.8, 4) is 5.75 Å². The van der Waals surface area contributed by atoms with E-state index in [1.807, 2.05) is 12.1 Å². The van der Waals surface area contributed by atoms with Crippen LogP contribution in [0.1, 0.15) is 0 Å². The van der Waals surface area contributed by atoms with E-state index < -0.39 is 0 Å². The molecule has 0 radical (unpaired) electrons. The van der Waals surface area contributed by atoms with Crippen LogP contribution in [0.4, 0.5) is 33.1 Å². The normalized spacial score (nSPS) is 14.0. The summed E-state index contributed by atoms with van der Waals surface area (Å²) in [5.41, 5.74) is 8.20. The Morgan fingerprint density at radius 1 is 0.966 bits per heavy atom. The number of nitrogens with zero attached hydrogens (tertiary/aromatic N) is 4. The van der Waals surface area contributed by atoms with Crippen molar-refractivity contribution < 1.29 is 9.13 Å². The van der Waals surface area contributed by atoms with E-state index in [4.69, 9.17) is 10.5 Å². The summed E-state index contributed by atoms with van der Waals surface area (Å²) in [6.45, 7) is 3.22. The van der Waals surface area contributed by atoms with E-state index in [-0.39, 0.29) is 5.82 Å². The van der Waals surface area contributed by atoms with Crippen molar-refractivity contribution in [2.24, 2.45) is 0 Å². The number of aromatic nitrogens is 2. The van der Waals surface area contributed by atoms with Gasteiger partial charge in [0.05, 0.1) is 12.8 Å². The predicted molar refractivity (Wildman–Crippen MR) is 114 cm³/mol. The summed E-state index contributed by atoms with van der Waals surface area (Å²) >= 11 is 0. The first-order valence-corrected chi connectivity index (χ1v) is 9.41. The summed E-state index contributed by atoms with van der Waals surface area (Å²) in [5.74, 6) is 1.54. The molecule has 0 amide bonds. The number of halogens is 1. The average molecular weight is 394 g/mol. The molecule has 2 aromatic carbocycles. The van der Waals surface area contributed by atoms with Crippen LogP contribution in [-0.2, 0) is 0 Å². The standard InChI is InChI=1S/C21H23FN6O/c1-29-16-8-6-15(7-9-16)27-10-12-28(13-11-27)21-19(23)20(24-14-25-21)26-18-5-3-2-4-17(18)22/h2-9,14H,10-13,23H2,1H3,(H,24,25,26). The van der Waals surface area contributed by atoms with Crippen LogP contribution in [-0.4, -0.2) is 43.3 Å². The minimum Gasteiger partial charge on any atom is -0.497 e. The van der Waals surface area contributed by atoms with Gasteiger partial charge in [-0.15, -0.1) is 0 Å². The third-order valence-electron chi connectivity index (χ3n) is 5.01. The number of rotatable bonds is 5. The molecule has 1 saturated heterocycles. The SMILES string of the molecule is COc1ccc(N2CCN(c3ncnc(Nc4ccccc4F)c3N)CC2)cc1. The maximum absolute atomic E-state index is 13.9. The van der Waals surface area contributed by atoms with E-state index in [0.29, 0.717) is 23.0 Å². The Labute approximate surface area is 168 Å². The van der Waals surface area contributed by atoms with Crippen molar-refractivity contribution in [3.05, 3.63) is 60.7 Å². The van der Waals surface area contributed by atoms with Crippen molar-refractivity contribution in [2.75, 3.05) is 54.1 Å². The molecule has 3 N–H and O–H groups in total. The molecule has 8 heteroatoms. The summed E-state index contributed by atoms with van der Waals surface area (Å²) in [7, 11) is 1.66. The molecule has 1 fully saturated rings. The molecule has 0 atom stereocenters. The lowest BCUT2D eigenvalue weighted by atomic mass is 10.2. The fraction of sp³-hybridized carbons (Fsp3) is 0.238. The van der Waals surface area contributed by atoms with Gasteiger partial charge in [0.15, 0.2) is 11.6 Å². The van der Waals surface area contributed by atoms with Crippen LogP contribution in [0.3, 0.4) is 0 Å². The summed E-state index contributed by atoms with van der Waals surface area (Å²) in [4.78, 5) is 13.0. The summed E-state index contributed by atoms with van der Waals surface area (Å²) in [5, 5.41) is 2.97. The Bertz CT molecular complexity index is 973. The smallest absolute Gasteiger partial charge is 0.159 e. The third-order valence-corrected chi connectivity index (χ3v) is 5.01. The van der Waals surface area contributed by atoms with Crippen molar-refractivity contribution in [2.45, 2.75) is 0 Å². The highest BCUT2D eigenvalue weighted by Gasteiger charge is 2.22. The molecule has 3 aromatic rings. The Morgan fingerprint density at radius 3 is 2.34 bits per heavy atom. The number of hydrogen-bond donors (Lipinski definition) is 2. The number of anilines is 5. The highest BCUT2D eigenvalue weighted by molar-refractivity contribution is 5.78. The number of methoxy groups -OCH3 is 1. The minimum absolute atomic E-state index is 0.327. The van der Waals surface area contributed by atoms with E-state index in [2.05, 4.69) is 37.2 Å². The van der Waals surface area contributed by atoms with Crippen molar-refractivity contribution in [1.82, 2.24) is 9.97 Å². The highest BCUT2D eigenvalue weighted by Crippen LogP contribution is 2.30. The Hall–Kier alpha value is -3.55. The quantitative estimate of drug-likeness (QED) is 0.687. The number of para-hydroxylation sites is 1. The molecule has 0 aliphatic carbocycles. The zero-order chi connectivity index (χ0) is 20.2. The first-order chi connectivity index (χ1) is 14.2. The molecule has 1 aromatic heterocycles. The van der Waals surface area contributed by atoms with Crippen LogP contribution in [0.5, 0.6) is 5.75 Å². The van der Waals surface area contributed by atoms with Gasteiger partial charge < -0.3 is 25.6 Å². The Balaban J connectivity index is 1.46. The van der Waals surface area contributed by atoms with E-state index >= 15 is 0 Å². The van der Waals surface area contributed by atoms with Gasteiger partial charge in [-0.3, -0.25) is 0 Å². The monoisotopic (exact) mass is 394 g/mol. The molecule has 0 bridgehead atoms. The highest BCUT2D eigenvalue weighted by atomic mass is 19.1. The molecule has 1 aliphatic heterocycles. The number of ether oxygens (including phenoxy) is 1. The van der Waals surface area contributed by atoms with Crippen LogP contribution < -0.4 is 25.6 Å². The van der Waals surface area contributed by atoms with E-state index in [9.17, 15) is 4.39 Å². The van der Waals surface area contributed by atoms with E-state index in [1.54, 1.807) is 25.3 Å². The van der Waals surface area contributed by atoms with Gasteiger partial charge in [0.25, 0.3) is 0 Å². The number of benzene rings is 2. The minimum atomic E-state index is -0.361. The number of nitrogen functional groups attached to an aromatic ring is 1. The number of hydrogen-bond acceptors (Lipinski definition) is 7. The van der Waals surface area contributed by atoms with Gasteiger partial charge in [-0.2, -0.15) is 0 Å². The lowest BCUT2D eigenvalue weighted by Crippen LogP contribution is -2.47. The summed E-state index contributed by atoms with van der Waals surface area (Å²) in [6.07, 6.45) is 1.45. The summed E-state index contributed by atoms with van der Waals surface area (Å²) in [6, 6.07) is 14.5. The zero-order valence-electron chi connectivity index (χ0n) is 16.2. The van der Waals surface area contributed by atoms with Gasteiger partial charge in [0, 0.05) is 31.9 Å². The Kier molecular flexibility index (Phi) is 5.33. The lowest BCUT2D eigenvalue weighted by molar-refractivity contribution is 0.415. The van der Waals surface area contributed by atoms with E-state index in [0.717, 1.165) is 37.6 Å². The largest absolute Gasteiger partial charge is 0.497 e. The molecular formula is C21H23FN6O. The van der Waals surface area contributed by atoms with Gasteiger partial charge in [0.1, 0.15) is 23.6 Å². The molecule has 0 spiro atoms. The van der Waals surface area contributed by atoms with Crippen LogP contribution in [0.25, 0.3) is 0 Å². The summed E-state index contributed by atoms with van der Waals surface area (Å²) < 4.78 is 19.2. The fourth-order valence-electron chi connectivity index (χ4n) is 3.40. The maximum Gasteiger partial charge on any atom is 0.159 e. The van der Waals surface area contributed by atoms with Crippen LogP contribution >= 0.6 is 0 Å².